The molecule has 2 amide bonds. The minimum atomic E-state index is -1.02. The monoisotopic (exact) mass is 274 g/mol. The van der Waals surface area contributed by atoms with E-state index in [1.807, 2.05) is 0 Å². The predicted octanol–water partition coefficient (Wildman–Crippen LogP) is 1.60. The van der Waals surface area contributed by atoms with E-state index in [0.29, 0.717) is 13.2 Å². The molecule has 0 aliphatic rings. The molecule has 6 heteroatoms. The summed E-state index contributed by atoms with van der Waals surface area (Å²) in [6, 6.07) is -1.31. The molecular weight excluding hydrogens is 248 g/mol. The van der Waals surface area contributed by atoms with Crippen LogP contribution in [-0.2, 0) is 9.53 Å². The number of urea groups is 1. The van der Waals surface area contributed by atoms with Crippen LogP contribution < -0.4 is 10.6 Å². The number of amides is 2. The lowest BCUT2D eigenvalue weighted by atomic mass is 10.1. The Morgan fingerprint density at radius 3 is 2.37 bits per heavy atom. The third kappa shape index (κ3) is 9.30. The van der Waals surface area contributed by atoms with Gasteiger partial charge in [-0.2, -0.15) is 0 Å². The molecule has 0 aliphatic heterocycles. The quantitative estimate of drug-likeness (QED) is 0.528. The second-order valence-electron chi connectivity index (χ2n) is 4.78. The van der Waals surface area contributed by atoms with Crippen molar-refractivity contribution in [3.8, 4) is 0 Å². The van der Waals surface area contributed by atoms with Crippen molar-refractivity contribution in [2.45, 2.75) is 46.1 Å². The lowest BCUT2D eigenvalue weighted by molar-refractivity contribution is -0.140. The molecule has 0 saturated carbocycles. The van der Waals surface area contributed by atoms with E-state index in [1.54, 1.807) is 13.8 Å². The Morgan fingerprint density at radius 1 is 1.21 bits per heavy atom. The van der Waals surface area contributed by atoms with Gasteiger partial charge in [-0.05, 0) is 18.8 Å². The van der Waals surface area contributed by atoms with Crippen LogP contribution in [0.15, 0.2) is 0 Å². The van der Waals surface area contributed by atoms with Crippen LogP contribution in [0.5, 0.6) is 0 Å². The molecule has 0 bridgehead atoms. The number of carbonyl (C=O) groups is 2. The fraction of sp³-hybridized carbons (Fsp3) is 0.846. The van der Waals surface area contributed by atoms with Gasteiger partial charge in [-0.15, -0.1) is 0 Å². The summed E-state index contributed by atoms with van der Waals surface area (Å²) in [5.41, 5.74) is 0. The van der Waals surface area contributed by atoms with E-state index < -0.39 is 18.0 Å². The maximum Gasteiger partial charge on any atom is 0.326 e. The zero-order valence-electron chi connectivity index (χ0n) is 12.1. The average molecular weight is 274 g/mol. The van der Waals surface area contributed by atoms with Crippen LogP contribution in [0.2, 0.25) is 0 Å². The Hall–Kier alpha value is -1.30. The number of unbranched alkanes of at least 4 members (excludes halogenated alkanes) is 1. The average Bonchev–Trinajstić information content (AvgIpc) is 2.34. The molecule has 0 aliphatic carbocycles. The van der Waals surface area contributed by atoms with Gasteiger partial charge in [-0.3, -0.25) is 0 Å². The zero-order valence-corrected chi connectivity index (χ0v) is 12.1. The highest BCUT2D eigenvalue weighted by atomic mass is 16.5. The predicted molar refractivity (Wildman–Crippen MR) is 73.1 cm³/mol. The molecule has 0 aromatic rings. The first-order chi connectivity index (χ1) is 8.99. The van der Waals surface area contributed by atoms with Crippen LogP contribution in [0.1, 0.15) is 40.0 Å². The number of ether oxygens (including phenoxy) is 1. The zero-order chi connectivity index (χ0) is 14.7. The van der Waals surface area contributed by atoms with E-state index >= 15 is 0 Å². The number of carbonyl (C=O) groups excluding carboxylic acids is 1. The first-order valence-electron chi connectivity index (χ1n) is 6.84. The maximum atomic E-state index is 11.5. The number of carboxylic acids is 1. The van der Waals surface area contributed by atoms with E-state index in [4.69, 9.17) is 9.84 Å². The fourth-order valence-corrected chi connectivity index (χ4v) is 1.43. The molecule has 112 valence electrons. The highest BCUT2D eigenvalue weighted by molar-refractivity contribution is 5.82. The largest absolute Gasteiger partial charge is 0.480 e. The number of carboxylic acid groups (broad SMARTS) is 1. The third-order valence-electron chi connectivity index (χ3n) is 2.61. The van der Waals surface area contributed by atoms with Crippen molar-refractivity contribution in [1.29, 1.82) is 0 Å². The molecule has 19 heavy (non-hydrogen) atoms. The van der Waals surface area contributed by atoms with Crippen molar-refractivity contribution in [3.63, 3.8) is 0 Å². The van der Waals surface area contributed by atoms with E-state index in [2.05, 4.69) is 17.6 Å². The van der Waals surface area contributed by atoms with Crippen LogP contribution >= 0.6 is 0 Å². The Bertz CT molecular complexity index is 269. The van der Waals surface area contributed by atoms with Crippen LogP contribution in [0.3, 0.4) is 0 Å². The van der Waals surface area contributed by atoms with Gasteiger partial charge in [0.2, 0.25) is 0 Å². The molecule has 0 unspecified atom stereocenters. The summed E-state index contributed by atoms with van der Waals surface area (Å²) in [6.07, 6.45) is 2.87. The molecular formula is C13H26N2O4. The van der Waals surface area contributed by atoms with Crippen molar-refractivity contribution < 1.29 is 19.4 Å². The highest BCUT2D eigenvalue weighted by Gasteiger charge is 2.22. The van der Waals surface area contributed by atoms with Crippen molar-refractivity contribution in [1.82, 2.24) is 10.6 Å². The van der Waals surface area contributed by atoms with Gasteiger partial charge in [0.25, 0.3) is 0 Å². The smallest absolute Gasteiger partial charge is 0.326 e. The van der Waals surface area contributed by atoms with E-state index in [1.165, 1.54) is 0 Å². The Balaban J connectivity index is 3.66. The van der Waals surface area contributed by atoms with E-state index in [0.717, 1.165) is 25.9 Å². The lowest BCUT2D eigenvalue weighted by Gasteiger charge is -2.18. The van der Waals surface area contributed by atoms with Gasteiger partial charge >= 0.3 is 12.0 Å². The van der Waals surface area contributed by atoms with Crippen molar-refractivity contribution in [2.24, 2.45) is 5.92 Å². The molecule has 3 N–H and O–H groups in total. The fourth-order valence-electron chi connectivity index (χ4n) is 1.43. The number of rotatable bonds is 10. The summed E-state index contributed by atoms with van der Waals surface area (Å²) in [4.78, 5) is 22.4. The molecule has 6 nitrogen and oxygen atoms in total. The molecule has 0 aromatic carbocycles. The summed E-state index contributed by atoms with van der Waals surface area (Å²) in [5, 5.41) is 14.0. The third-order valence-corrected chi connectivity index (χ3v) is 2.61. The number of hydrogen-bond acceptors (Lipinski definition) is 3. The van der Waals surface area contributed by atoms with Crippen LogP contribution in [0, 0.1) is 5.92 Å². The molecule has 0 radical (unpaired) electrons. The summed E-state index contributed by atoms with van der Waals surface area (Å²) >= 11 is 0. The molecule has 0 aromatic heterocycles. The molecule has 0 saturated heterocycles. The molecule has 0 rings (SSSR count). The van der Waals surface area contributed by atoms with Gasteiger partial charge in [0.05, 0.1) is 0 Å². The normalized spacial score (nSPS) is 12.2. The number of hydrogen-bond donors (Lipinski definition) is 3. The van der Waals surface area contributed by atoms with E-state index in [9.17, 15) is 9.59 Å². The summed E-state index contributed by atoms with van der Waals surface area (Å²) < 4.78 is 5.35. The Labute approximate surface area is 114 Å². The van der Waals surface area contributed by atoms with E-state index in [-0.39, 0.29) is 5.92 Å². The minimum Gasteiger partial charge on any atom is -0.480 e. The van der Waals surface area contributed by atoms with Gasteiger partial charge < -0.3 is 20.5 Å². The van der Waals surface area contributed by atoms with Gasteiger partial charge in [0.1, 0.15) is 6.04 Å². The van der Waals surface area contributed by atoms with Crippen molar-refractivity contribution in [3.05, 3.63) is 0 Å². The molecule has 0 heterocycles. The number of aliphatic carboxylic acids is 1. The highest BCUT2D eigenvalue weighted by Crippen LogP contribution is 2.01. The van der Waals surface area contributed by atoms with Gasteiger partial charge in [0, 0.05) is 19.8 Å². The second kappa shape index (κ2) is 10.6. The van der Waals surface area contributed by atoms with Crippen molar-refractivity contribution >= 4 is 12.0 Å². The Morgan fingerprint density at radius 2 is 1.84 bits per heavy atom. The molecule has 0 fully saturated rings. The second-order valence-corrected chi connectivity index (χ2v) is 4.78. The van der Waals surface area contributed by atoms with Crippen LogP contribution in [0.25, 0.3) is 0 Å². The molecule has 0 spiro atoms. The van der Waals surface area contributed by atoms with Gasteiger partial charge in [-0.1, -0.05) is 27.2 Å². The van der Waals surface area contributed by atoms with Gasteiger partial charge in [-0.25, -0.2) is 9.59 Å². The van der Waals surface area contributed by atoms with Crippen LogP contribution in [-0.4, -0.2) is 42.9 Å². The number of nitrogens with one attached hydrogen (secondary N) is 2. The summed E-state index contributed by atoms with van der Waals surface area (Å²) in [6.45, 7) is 7.43. The lowest BCUT2D eigenvalue weighted by Crippen LogP contribution is -2.48. The standard InChI is InChI=1S/C13H26N2O4/c1-4-5-8-19-9-6-7-14-13(18)15-11(10(2)3)12(16)17/h10-11H,4-9H2,1-3H3,(H,16,17)(H2,14,15,18)/t11-/m0/s1. The summed E-state index contributed by atoms with van der Waals surface area (Å²) in [5.74, 6) is -1.17. The van der Waals surface area contributed by atoms with Gasteiger partial charge in [0.15, 0.2) is 0 Å². The topological polar surface area (TPSA) is 87.7 Å². The SMILES string of the molecule is CCCCOCCCNC(=O)N[C@H](C(=O)O)C(C)C. The van der Waals surface area contributed by atoms with Crippen molar-refractivity contribution in [2.75, 3.05) is 19.8 Å². The first kappa shape index (κ1) is 17.7. The molecule has 1 atom stereocenters. The first-order valence-corrected chi connectivity index (χ1v) is 6.84. The minimum absolute atomic E-state index is 0.152. The van der Waals surface area contributed by atoms with Crippen LogP contribution in [0.4, 0.5) is 4.79 Å². The Kier molecular flexibility index (Phi) is 9.88. The maximum absolute atomic E-state index is 11.5. The summed E-state index contributed by atoms with van der Waals surface area (Å²) in [7, 11) is 0.